The molecule has 0 spiro atoms. The second kappa shape index (κ2) is 4.46. The first-order valence-electron chi connectivity index (χ1n) is 4.22. The number of halogens is 3. The Morgan fingerprint density at radius 2 is 2.12 bits per heavy atom. The van der Waals surface area contributed by atoms with Crippen LogP contribution in [-0.4, -0.2) is 9.78 Å². The van der Waals surface area contributed by atoms with Gasteiger partial charge in [-0.3, -0.25) is 0 Å². The van der Waals surface area contributed by atoms with E-state index in [1.165, 1.54) is 4.68 Å². The van der Waals surface area contributed by atoms with Gasteiger partial charge in [-0.2, -0.15) is 10.4 Å². The van der Waals surface area contributed by atoms with Crippen molar-refractivity contribution in [1.29, 1.82) is 5.26 Å². The van der Waals surface area contributed by atoms with E-state index in [0.29, 0.717) is 25.9 Å². The maximum Gasteiger partial charge on any atom is 0.177 e. The van der Waals surface area contributed by atoms with E-state index in [4.69, 9.17) is 28.5 Å². The molecule has 0 aliphatic carbocycles. The van der Waals surface area contributed by atoms with Gasteiger partial charge in [-0.15, -0.1) is 0 Å². The molecule has 0 bridgehead atoms. The van der Waals surface area contributed by atoms with Gasteiger partial charge in [-0.1, -0.05) is 23.2 Å². The Balaban J connectivity index is 2.55. The molecule has 16 heavy (non-hydrogen) atoms. The lowest BCUT2D eigenvalue weighted by molar-refractivity contribution is 0.873. The number of hydrogen-bond donors (Lipinski definition) is 0. The summed E-state index contributed by atoms with van der Waals surface area (Å²) in [5.41, 5.74) is 0.985. The van der Waals surface area contributed by atoms with Crippen molar-refractivity contribution < 1.29 is 0 Å². The van der Waals surface area contributed by atoms with Crippen LogP contribution >= 0.6 is 39.1 Å². The van der Waals surface area contributed by atoms with Gasteiger partial charge in [0.25, 0.3) is 0 Å². The van der Waals surface area contributed by atoms with E-state index in [0.717, 1.165) is 0 Å². The summed E-state index contributed by atoms with van der Waals surface area (Å²) in [6.07, 6.45) is 1.67. The molecule has 2 aromatic rings. The van der Waals surface area contributed by atoms with Crippen molar-refractivity contribution in [2.24, 2.45) is 0 Å². The molecule has 0 N–H and O–H groups in total. The Labute approximate surface area is 110 Å². The van der Waals surface area contributed by atoms with E-state index in [1.807, 2.05) is 6.07 Å². The minimum absolute atomic E-state index is 0.311. The van der Waals surface area contributed by atoms with Crippen LogP contribution in [0.4, 0.5) is 0 Å². The van der Waals surface area contributed by atoms with Crippen molar-refractivity contribution in [3.63, 3.8) is 0 Å². The molecular weight excluding hydrogens is 313 g/mol. The fourth-order valence-corrected chi connectivity index (χ4v) is 2.08. The van der Waals surface area contributed by atoms with Crippen LogP contribution in [0.2, 0.25) is 10.0 Å². The molecule has 0 radical (unpaired) electrons. The number of rotatable bonds is 1. The van der Waals surface area contributed by atoms with Gasteiger partial charge in [0, 0.05) is 11.2 Å². The highest BCUT2D eigenvalue weighted by molar-refractivity contribution is 9.10. The molecule has 0 unspecified atom stereocenters. The Hall–Kier alpha value is -1.02. The lowest BCUT2D eigenvalue weighted by atomic mass is 10.3. The predicted molar refractivity (Wildman–Crippen MR) is 66.0 cm³/mol. The van der Waals surface area contributed by atoms with Crippen molar-refractivity contribution in [1.82, 2.24) is 9.78 Å². The molecule has 1 aromatic heterocycles. The molecule has 1 heterocycles. The molecule has 80 valence electrons. The molecule has 3 nitrogen and oxygen atoms in total. The lowest BCUT2D eigenvalue weighted by Crippen LogP contribution is -1.95. The highest BCUT2D eigenvalue weighted by Gasteiger charge is 2.09. The summed E-state index contributed by atoms with van der Waals surface area (Å²) in [7, 11) is 0. The Kier molecular flexibility index (Phi) is 3.20. The Morgan fingerprint density at radius 3 is 2.69 bits per heavy atom. The summed E-state index contributed by atoms with van der Waals surface area (Å²) in [4.78, 5) is 0. The molecule has 0 amide bonds. The van der Waals surface area contributed by atoms with Crippen LogP contribution in [0.15, 0.2) is 28.9 Å². The van der Waals surface area contributed by atoms with Crippen LogP contribution in [0.1, 0.15) is 5.69 Å². The summed E-state index contributed by atoms with van der Waals surface area (Å²) in [6, 6.07) is 7.05. The first kappa shape index (κ1) is 11.5. The summed E-state index contributed by atoms with van der Waals surface area (Å²) < 4.78 is 2.16. The number of aromatic nitrogens is 2. The number of benzene rings is 1. The number of nitrogens with zero attached hydrogens (tertiary/aromatic N) is 3. The van der Waals surface area contributed by atoms with Crippen LogP contribution in [0.25, 0.3) is 5.69 Å². The van der Waals surface area contributed by atoms with Gasteiger partial charge in [0.1, 0.15) is 6.07 Å². The zero-order chi connectivity index (χ0) is 11.7. The highest BCUT2D eigenvalue weighted by Crippen LogP contribution is 2.25. The third kappa shape index (κ3) is 2.07. The van der Waals surface area contributed by atoms with Gasteiger partial charge < -0.3 is 0 Å². The van der Waals surface area contributed by atoms with Crippen LogP contribution in [0.5, 0.6) is 0 Å². The van der Waals surface area contributed by atoms with Gasteiger partial charge >= 0.3 is 0 Å². The van der Waals surface area contributed by atoms with Crippen LogP contribution < -0.4 is 0 Å². The molecular formula is C10H4BrCl2N3. The zero-order valence-electron chi connectivity index (χ0n) is 7.78. The third-order valence-electron chi connectivity index (χ3n) is 1.93. The average Bonchev–Trinajstić information content (AvgIpc) is 2.59. The van der Waals surface area contributed by atoms with Gasteiger partial charge in [0.05, 0.1) is 15.2 Å². The summed E-state index contributed by atoms with van der Waals surface area (Å²) in [5.74, 6) is 0. The Bertz CT molecular complexity index is 586. The fraction of sp³-hybridized carbons (Fsp3) is 0. The third-order valence-corrected chi connectivity index (χ3v) is 3.05. The van der Waals surface area contributed by atoms with E-state index in [2.05, 4.69) is 21.0 Å². The lowest BCUT2D eigenvalue weighted by Gasteiger charge is -2.03. The van der Waals surface area contributed by atoms with Crippen molar-refractivity contribution in [2.45, 2.75) is 0 Å². The quantitative estimate of drug-likeness (QED) is 0.802. The van der Waals surface area contributed by atoms with Crippen molar-refractivity contribution in [3.05, 3.63) is 44.6 Å². The normalized spacial score (nSPS) is 10.1. The second-order valence-electron chi connectivity index (χ2n) is 2.98. The first-order chi connectivity index (χ1) is 7.61. The van der Waals surface area contributed by atoms with Crippen LogP contribution in [0, 0.1) is 11.3 Å². The van der Waals surface area contributed by atoms with Gasteiger partial charge in [0.15, 0.2) is 5.69 Å². The predicted octanol–water partition coefficient (Wildman–Crippen LogP) is 3.81. The van der Waals surface area contributed by atoms with Crippen LogP contribution in [0.3, 0.4) is 0 Å². The van der Waals surface area contributed by atoms with Crippen molar-refractivity contribution in [3.8, 4) is 11.8 Å². The minimum atomic E-state index is 0.311. The maximum atomic E-state index is 8.78. The van der Waals surface area contributed by atoms with Crippen molar-refractivity contribution >= 4 is 39.1 Å². The molecule has 0 aliphatic rings. The first-order valence-corrected chi connectivity index (χ1v) is 5.77. The van der Waals surface area contributed by atoms with E-state index in [-0.39, 0.29) is 0 Å². The van der Waals surface area contributed by atoms with Gasteiger partial charge in [-0.05, 0) is 34.1 Å². The van der Waals surface area contributed by atoms with Gasteiger partial charge in [0.2, 0.25) is 0 Å². The fourth-order valence-electron chi connectivity index (χ4n) is 1.22. The monoisotopic (exact) mass is 315 g/mol. The van der Waals surface area contributed by atoms with Gasteiger partial charge in [-0.25, -0.2) is 4.68 Å². The average molecular weight is 317 g/mol. The molecule has 0 saturated heterocycles. The van der Waals surface area contributed by atoms with Crippen LogP contribution in [-0.2, 0) is 0 Å². The van der Waals surface area contributed by atoms with Crippen molar-refractivity contribution in [2.75, 3.05) is 0 Å². The topological polar surface area (TPSA) is 41.6 Å². The van der Waals surface area contributed by atoms with E-state index in [1.54, 1.807) is 24.4 Å². The summed E-state index contributed by atoms with van der Waals surface area (Å²) >= 11 is 15.1. The SMILES string of the molecule is N#Cc1nn(-c2ccc(Cl)cc2Cl)cc1Br. The summed E-state index contributed by atoms with van der Waals surface area (Å²) in [5, 5.41) is 13.9. The largest absolute Gasteiger partial charge is 0.237 e. The smallest absolute Gasteiger partial charge is 0.177 e. The standard InChI is InChI=1S/C10H4BrCl2N3/c11-7-5-16(15-9(7)4-14)10-2-1-6(12)3-8(10)13/h1-3,5H. The highest BCUT2D eigenvalue weighted by atomic mass is 79.9. The maximum absolute atomic E-state index is 8.78. The molecule has 1 aromatic carbocycles. The second-order valence-corrected chi connectivity index (χ2v) is 4.68. The number of hydrogen-bond acceptors (Lipinski definition) is 2. The molecule has 0 fully saturated rings. The van der Waals surface area contributed by atoms with E-state index in [9.17, 15) is 0 Å². The zero-order valence-corrected chi connectivity index (χ0v) is 10.9. The Morgan fingerprint density at radius 1 is 1.38 bits per heavy atom. The van der Waals surface area contributed by atoms with E-state index >= 15 is 0 Å². The molecule has 0 aliphatic heterocycles. The number of nitriles is 1. The summed E-state index contributed by atoms with van der Waals surface area (Å²) in [6.45, 7) is 0. The molecule has 0 atom stereocenters. The molecule has 2 rings (SSSR count). The minimum Gasteiger partial charge on any atom is -0.237 e. The van der Waals surface area contributed by atoms with E-state index < -0.39 is 0 Å². The molecule has 0 saturated carbocycles. The molecule has 6 heteroatoms.